The van der Waals surface area contributed by atoms with Gasteiger partial charge in [-0.1, -0.05) is 12.5 Å². The summed E-state index contributed by atoms with van der Waals surface area (Å²) in [7, 11) is 0. The first kappa shape index (κ1) is 11.6. The summed E-state index contributed by atoms with van der Waals surface area (Å²) in [5, 5.41) is 3.01. The minimum absolute atomic E-state index is 0.166. The van der Waals surface area contributed by atoms with E-state index in [1.54, 1.807) is 0 Å². The number of aryl methyl sites for hydroxylation is 1. The van der Waals surface area contributed by atoms with E-state index in [0.29, 0.717) is 11.6 Å². The second-order valence-corrected chi connectivity index (χ2v) is 5.86. The molecular formula is C15H20N2O. The third kappa shape index (κ3) is 1.98. The Bertz CT molecular complexity index is 483. The molecule has 2 aliphatic rings. The van der Waals surface area contributed by atoms with Gasteiger partial charge in [-0.25, -0.2) is 0 Å². The maximum absolute atomic E-state index is 12.3. The van der Waals surface area contributed by atoms with Crippen LogP contribution in [0.1, 0.15) is 31.2 Å². The highest BCUT2D eigenvalue weighted by Crippen LogP contribution is 2.48. The van der Waals surface area contributed by atoms with Gasteiger partial charge in [0.1, 0.15) is 0 Å². The van der Waals surface area contributed by atoms with Gasteiger partial charge in [0.15, 0.2) is 0 Å². The van der Waals surface area contributed by atoms with Crippen molar-refractivity contribution in [1.29, 1.82) is 0 Å². The second kappa shape index (κ2) is 4.30. The smallest absolute Gasteiger partial charge is 0.227 e. The topological polar surface area (TPSA) is 55.1 Å². The summed E-state index contributed by atoms with van der Waals surface area (Å²) in [6, 6.07) is 5.76. The van der Waals surface area contributed by atoms with E-state index in [4.69, 9.17) is 5.73 Å². The van der Waals surface area contributed by atoms with Crippen molar-refractivity contribution in [3.05, 3.63) is 23.8 Å². The van der Waals surface area contributed by atoms with Gasteiger partial charge in [0.2, 0.25) is 5.91 Å². The molecule has 2 bridgehead atoms. The van der Waals surface area contributed by atoms with Crippen molar-refractivity contribution in [3.8, 4) is 0 Å². The molecule has 2 aliphatic carbocycles. The minimum atomic E-state index is 0.166. The third-order valence-corrected chi connectivity index (χ3v) is 4.54. The minimum Gasteiger partial charge on any atom is -0.397 e. The van der Waals surface area contributed by atoms with Gasteiger partial charge in [0.25, 0.3) is 0 Å². The number of nitrogens with two attached hydrogens (primary N) is 1. The van der Waals surface area contributed by atoms with Crippen molar-refractivity contribution >= 4 is 17.3 Å². The molecule has 1 aromatic rings. The van der Waals surface area contributed by atoms with Crippen LogP contribution in [0.25, 0.3) is 0 Å². The molecule has 3 N–H and O–H groups in total. The van der Waals surface area contributed by atoms with Crippen LogP contribution in [0, 0.1) is 24.7 Å². The predicted molar refractivity (Wildman–Crippen MR) is 73.2 cm³/mol. The number of rotatable bonds is 2. The van der Waals surface area contributed by atoms with Crippen molar-refractivity contribution in [1.82, 2.24) is 0 Å². The molecule has 0 spiro atoms. The van der Waals surface area contributed by atoms with E-state index in [0.717, 1.165) is 23.6 Å². The van der Waals surface area contributed by atoms with Gasteiger partial charge < -0.3 is 11.1 Å². The zero-order chi connectivity index (χ0) is 12.7. The van der Waals surface area contributed by atoms with E-state index < -0.39 is 0 Å². The Morgan fingerprint density at radius 3 is 2.83 bits per heavy atom. The summed E-state index contributed by atoms with van der Waals surface area (Å²) in [4.78, 5) is 12.3. The standard InChI is InChI=1S/C15H20N2O/c1-9-2-5-13(16)14(6-9)17-15(18)12-8-10-3-4-11(12)7-10/h2,5-6,10-12H,3-4,7-8,16H2,1H3,(H,17,18). The molecule has 0 aromatic heterocycles. The average molecular weight is 244 g/mol. The predicted octanol–water partition coefficient (Wildman–Crippen LogP) is 2.95. The zero-order valence-electron chi connectivity index (χ0n) is 10.8. The van der Waals surface area contributed by atoms with E-state index in [9.17, 15) is 4.79 Å². The highest BCUT2D eigenvalue weighted by molar-refractivity contribution is 5.95. The number of nitrogen functional groups attached to an aromatic ring is 1. The molecule has 18 heavy (non-hydrogen) atoms. The van der Waals surface area contributed by atoms with Crippen molar-refractivity contribution in [2.45, 2.75) is 32.6 Å². The summed E-state index contributed by atoms with van der Waals surface area (Å²) < 4.78 is 0. The Kier molecular flexibility index (Phi) is 2.77. The van der Waals surface area contributed by atoms with Crippen molar-refractivity contribution in [2.24, 2.45) is 17.8 Å². The molecule has 0 radical (unpaired) electrons. The molecule has 1 amide bonds. The van der Waals surface area contributed by atoms with Crippen molar-refractivity contribution in [3.63, 3.8) is 0 Å². The largest absolute Gasteiger partial charge is 0.397 e. The summed E-state index contributed by atoms with van der Waals surface area (Å²) in [6.07, 6.45) is 4.87. The number of carbonyl (C=O) groups is 1. The summed E-state index contributed by atoms with van der Waals surface area (Å²) in [5.41, 5.74) is 8.43. The zero-order valence-corrected chi connectivity index (χ0v) is 10.8. The van der Waals surface area contributed by atoms with Gasteiger partial charge in [-0.15, -0.1) is 0 Å². The van der Waals surface area contributed by atoms with E-state index in [1.165, 1.54) is 19.3 Å². The maximum Gasteiger partial charge on any atom is 0.227 e. The van der Waals surface area contributed by atoms with Crippen molar-refractivity contribution < 1.29 is 4.79 Å². The van der Waals surface area contributed by atoms with Crippen LogP contribution >= 0.6 is 0 Å². The van der Waals surface area contributed by atoms with E-state index in [-0.39, 0.29) is 11.8 Å². The Hall–Kier alpha value is -1.51. The first-order valence-electron chi connectivity index (χ1n) is 6.80. The lowest BCUT2D eigenvalue weighted by Gasteiger charge is -2.21. The third-order valence-electron chi connectivity index (χ3n) is 4.54. The fraction of sp³-hybridized carbons (Fsp3) is 0.533. The first-order chi connectivity index (χ1) is 8.63. The van der Waals surface area contributed by atoms with Crippen LogP contribution in [-0.4, -0.2) is 5.91 Å². The molecule has 3 unspecified atom stereocenters. The summed E-state index contributed by atoms with van der Waals surface area (Å²) in [5.74, 6) is 1.78. The molecule has 1 aromatic carbocycles. The number of amides is 1. The molecule has 3 nitrogen and oxygen atoms in total. The van der Waals surface area contributed by atoms with Crippen LogP contribution in [0.15, 0.2) is 18.2 Å². The normalized spacial score (nSPS) is 29.5. The van der Waals surface area contributed by atoms with Gasteiger partial charge >= 0.3 is 0 Å². The monoisotopic (exact) mass is 244 g/mol. The van der Waals surface area contributed by atoms with Gasteiger partial charge in [0, 0.05) is 5.92 Å². The number of hydrogen-bond acceptors (Lipinski definition) is 2. The molecule has 96 valence electrons. The van der Waals surface area contributed by atoms with E-state index in [1.807, 2.05) is 25.1 Å². The Labute approximate surface area is 108 Å². The van der Waals surface area contributed by atoms with Crippen LogP contribution in [0.3, 0.4) is 0 Å². The van der Waals surface area contributed by atoms with E-state index in [2.05, 4.69) is 5.32 Å². The second-order valence-electron chi connectivity index (χ2n) is 5.86. The highest BCUT2D eigenvalue weighted by Gasteiger charge is 2.43. The SMILES string of the molecule is Cc1ccc(N)c(NC(=O)C2CC3CCC2C3)c1. The van der Waals surface area contributed by atoms with Crippen LogP contribution < -0.4 is 11.1 Å². The van der Waals surface area contributed by atoms with Crippen LogP contribution in [0.4, 0.5) is 11.4 Å². The fourth-order valence-corrected chi connectivity index (χ4v) is 3.57. The Balaban J connectivity index is 1.72. The van der Waals surface area contributed by atoms with Crippen LogP contribution in [0.5, 0.6) is 0 Å². The van der Waals surface area contributed by atoms with Crippen molar-refractivity contribution in [2.75, 3.05) is 11.1 Å². The number of hydrogen-bond donors (Lipinski definition) is 2. The lowest BCUT2D eigenvalue weighted by Crippen LogP contribution is -2.27. The van der Waals surface area contributed by atoms with Gasteiger partial charge in [0.05, 0.1) is 11.4 Å². The Morgan fingerprint density at radius 1 is 1.33 bits per heavy atom. The van der Waals surface area contributed by atoms with Gasteiger partial charge in [-0.2, -0.15) is 0 Å². The van der Waals surface area contributed by atoms with Crippen LogP contribution in [0.2, 0.25) is 0 Å². The summed E-state index contributed by atoms with van der Waals surface area (Å²) in [6.45, 7) is 2.01. The molecule has 3 heteroatoms. The fourth-order valence-electron chi connectivity index (χ4n) is 3.57. The molecule has 0 saturated heterocycles. The molecule has 2 fully saturated rings. The quantitative estimate of drug-likeness (QED) is 0.786. The molecule has 2 saturated carbocycles. The molecule has 3 rings (SSSR count). The first-order valence-corrected chi connectivity index (χ1v) is 6.80. The molecule has 3 atom stereocenters. The maximum atomic E-state index is 12.3. The molecular weight excluding hydrogens is 224 g/mol. The van der Waals surface area contributed by atoms with Crippen LogP contribution in [-0.2, 0) is 4.79 Å². The van der Waals surface area contributed by atoms with E-state index >= 15 is 0 Å². The average Bonchev–Trinajstić information content (AvgIpc) is 2.96. The number of fused-ring (bicyclic) bond motifs is 2. The molecule has 0 heterocycles. The number of nitrogens with one attached hydrogen (secondary N) is 1. The Morgan fingerprint density at radius 2 is 2.17 bits per heavy atom. The number of benzene rings is 1. The van der Waals surface area contributed by atoms with Gasteiger partial charge in [-0.3, -0.25) is 4.79 Å². The lowest BCUT2D eigenvalue weighted by molar-refractivity contribution is -0.121. The van der Waals surface area contributed by atoms with Gasteiger partial charge in [-0.05, 0) is 55.7 Å². The summed E-state index contributed by atoms with van der Waals surface area (Å²) >= 11 is 0. The highest BCUT2D eigenvalue weighted by atomic mass is 16.1. The number of carbonyl (C=O) groups excluding carboxylic acids is 1. The molecule has 0 aliphatic heterocycles. The number of anilines is 2. The lowest BCUT2D eigenvalue weighted by atomic mass is 9.88.